The molecule has 234 valence electrons. The molecule has 0 spiro atoms. The number of rotatable bonds is 12. The lowest BCUT2D eigenvalue weighted by Crippen LogP contribution is -2.36. The van der Waals surface area contributed by atoms with Crippen LogP contribution in [-0.4, -0.2) is 64.3 Å². The Kier molecular flexibility index (Phi) is 10.4. The number of hydrogen-bond acceptors (Lipinski definition) is 12. The van der Waals surface area contributed by atoms with E-state index in [2.05, 4.69) is 18.1 Å². The van der Waals surface area contributed by atoms with E-state index in [-0.39, 0.29) is 11.1 Å². The molecule has 0 saturated carbocycles. The van der Waals surface area contributed by atoms with Gasteiger partial charge in [-0.3, -0.25) is 14.1 Å². The number of aromatic amines is 1. The predicted molar refractivity (Wildman–Crippen MR) is 147 cm³/mol. The van der Waals surface area contributed by atoms with Crippen molar-refractivity contribution in [1.29, 1.82) is 0 Å². The van der Waals surface area contributed by atoms with Gasteiger partial charge in [-0.2, -0.15) is 8.62 Å². The number of aromatic nitrogens is 2. The molecular weight excluding hydrogens is 657 g/mol. The molecule has 2 heterocycles. The van der Waals surface area contributed by atoms with E-state index in [1.165, 1.54) is 6.20 Å². The van der Waals surface area contributed by atoms with Crippen molar-refractivity contribution in [2.24, 2.45) is 0 Å². The summed E-state index contributed by atoms with van der Waals surface area (Å²) in [4.78, 5) is 51.2. The minimum atomic E-state index is -5.77. The van der Waals surface area contributed by atoms with Gasteiger partial charge in [0.05, 0.1) is 6.61 Å². The number of para-hydroxylation sites is 1. The first-order valence-corrected chi connectivity index (χ1v) is 16.9. The summed E-state index contributed by atoms with van der Waals surface area (Å²) in [6, 6.07) is 16.2. The summed E-state index contributed by atoms with van der Waals surface area (Å²) in [7, 11) is -16.9. The quantitative estimate of drug-likeness (QED) is 0.107. The Hall–Kier alpha value is -2.37. The van der Waals surface area contributed by atoms with Gasteiger partial charge in [-0.1, -0.05) is 42.5 Å². The average Bonchev–Trinajstić information content (AvgIpc) is 3.17. The summed E-state index contributed by atoms with van der Waals surface area (Å²) in [5.41, 5.74) is 0.408. The fourth-order valence-corrected chi connectivity index (χ4v) is 7.17. The van der Waals surface area contributed by atoms with E-state index in [1.807, 2.05) is 18.2 Å². The molecule has 1 aliphatic heterocycles. The molecule has 2 unspecified atom stereocenters. The molecule has 1 aliphatic rings. The van der Waals surface area contributed by atoms with Crippen molar-refractivity contribution >= 4 is 35.7 Å². The van der Waals surface area contributed by atoms with Crippen LogP contribution >= 0.6 is 35.7 Å². The Morgan fingerprint density at radius 3 is 2.14 bits per heavy atom. The van der Waals surface area contributed by atoms with Gasteiger partial charge in [-0.05, 0) is 29.8 Å². The third kappa shape index (κ3) is 9.31. The topological polar surface area (TPSA) is 257 Å². The van der Waals surface area contributed by atoms with Gasteiger partial charge in [0.1, 0.15) is 34.5 Å². The Bertz CT molecular complexity index is 1690. The lowest BCUT2D eigenvalue weighted by Gasteiger charge is -2.19. The Morgan fingerprint density at radius 2 is 1.51 bits per heavy atom. The second-order valence-electron chi connectivity index (χ2n) is 8.99. The number of benzene rings is 2. The number of nitrogens with one attached hydrogen (secondary N) is 1. The standard InChI is InChI=1S/C22H25N2O15P3S/c25-18-17(12-35-41(31,32)39-42(33,34)38-40(28,29)30)37-21(19(18)26)24-11-14(20(43)23-22(24)27)10-13-6-8-16(9-7-13)36-15-4-2-1-3-5-15/h1-9,11,17-19,21,25-26H,10,12H2,(H,31,32)(H,33,34)(H,23,27,43)(H2,28,29,30)/t17-,18-,19-,21-/m1/s1. The van der Waals surface area contributed by atoms with Crippen molar-refractivity contribution in [1.82, 2.24) is 9.55 Å². The van der Waals surface area contributed by atoms with E-state index >= 15 is 0 Å². The highest BCUT2D eigenvalue weighted by molar-refractivity contribution is 7.71. The second-order valence-corrected chi connectivity index (χ2v) is 13.8. The van der Waals surface area contributed by atoms with Crippen molar-refractivity contribution < 1.29 is 66.1 Å². The van der Waals surface area contributed by atoms with E-state index < -0.39 is 60.3 Å². The van der Waals surface area contributed by atoms with Crippen LogP contribution in [0.2, 0.25) is 0 Å². The lowest BCUT2D eigenvalue weighted by atomic mass is 10.1. The summed E-state index contributed by atoms with van der Waals surface area (Å²) >= 11 is 5.28. The first-order valence-electron chi connectivity index (χ1n) is 12.0. The van der Waals surface area contributed by atoms with Crippen LogP contribution < -0.4 is 10.4 Å². The normalized spacial score (nSPS) is 23.4. The Morgan fingerprint density at radius 1 is 0.884 bits per heavy atom. The molecule has 2 aromatic carbocycles. The first-order chi connectivity index (χ1) is 20.0. The summed E-state index contributed by atoms with van der Waals surface area (Å²) in [5.74, 6) is 1.24. The minimum Gasteiger partial charge on any atom is -0.457 e. The van der Waals surface area contributed by atoms with Gasteiger partial charge in [0, 0.05) is 18.2 Å². The van der Waals surface area contributed by atoms with Crippen LogP contribution in [0.25, 0.3) is 0 Å². The average molecular weight is 682 g/mol. The molecule has 3 aromatic rings. The fraction of sp³-hybridized carbons (Fsp3) is 0.273. The van der Waals surface area contributed by atoms with Crippen molar-refractivity contribution in [3.05, 3.63) is 87.0 Å². The first kappa shape index (κ1) is 33.5. The summed E-state index contributed by atoms with van der Waals surface area (Å²) in [5, 5.41) is 20.9. The zero-order chi connectivity index (χ0) is 31.6. The van der Waals surface area contributed by atoms with Gasteiger partial charge in [0.2, 0.25) is 0 Å². The van der Waals surface area contributed by atoms with Crippen LogP contribution in [0.5, 0.6) is 11.5 Å². The third-order valence-electron chi connectivity index (χ3n) is 5.77. The summed E-state index contributed by atoms with van der Waals surface area (Å²) < 4.78 is 58.2. The van der Waals surface area contributed by atoms with Crippen LogP contribution in [0.1, 0.15) is 17.4 Å². The van der Waals surface area contributed by atoms with Gasteiger partial charge < -0.3 is 39.3 Å². The van der Waals surface area contributed by atoms with Crippen LogP contribution in [0.4, 0.5) is 0 Å². The van der Waals surface area contributed by atoms with E-state index in [4.69, 9.17) is 31.5 Å². The second kappa shape index (κ2) is 13.3. The van der Waals surface area contributed by atoms with Crippen LogP contribution in [-0.2, 0) is 38.0 Å². The van der Waals surface area contributed by atoms with Crippen LogP contribution in [0.3, 0.4) is 0 Å². The zero-order valence-electron chi connectivity index (χ0n) is 21.6. The molecule has 1 fully saturated rings. The largest absolute Gasteiger partial charge is 0.490 e. The van der Waals surface area contributed by atoms with Crippen molar-refractivity contribution in [2.45, 2.75) is 31.0 Å². The maximum absolute atomic E-state index is 12.7. The lowest BCUT2D eigenvalue weighted by molar-refractivity contribution is -0.0543. The number of aliphatic hydroxyl groups excluding tert-OH is 2. The highest BCUT2D eigenvalue weighted by Crippen LogP contribution is 2.66. The molecule has 7 N–H and O–H groups in total. The van der Waals surface area contributed by atoms with Crippen molar-refractivity contribution in [3.8, 4) is 11.5 Å². The number of H-pyrrole nitrogens is 1. The molecule has 17 nitrogen and oxygen atoms in total. The van der Waals surface area contributed by atoms with E-state index in [0.717, 1.165) is 10.1 Å². The zero-order valence-corrected chi connectivity index (χ0v) is 25.1. The van der Waals surface area contributed by atoms with E-state index in [0.29, 0.717) is 17.1 Å². The highest BCUT2D eigenvalue weighted by atomic mass is 32.1. The molecule has 4 rings (SSSR count). The Balaban J connectivity index is 1.44. The van der Waals surface area contributed by atoms with Gasteiger partial charge in [0.25, 0.3) is 0 Å². The van der Waals surface area contributed by atoms with Gasteiger partial charge >= 0.3 is 29.2 Å². The maximum Gasteiger partial charge on any atom is 0.490 e. The number of aliphatic hydroxyl groups is 2. The van der Waals surface area contributed by atoms with Crippen LogP contribution in [0.15, 0.2) is 65.6 Å². The maximum atomic E-state index is 12.7. The number of ether oxygens (including phenoxy) is 2. The monoisotopic (exact) mass is 682 g/mol. The molecule has 43 heavy (non-hydrogen) atoms. The molecule has 0 bridgehead atoms. The van der Waals surface area contributed by atoms with Gasteiger partial charge in [-0.25, -0.2) is 18.5 Å². The molecule has 0 radical (unpaired) electrons. The molecule has 0 aliphatic carbocycles. The van der Waals surface area contributed by atoms with Gasteiger partial charge in [-0.15, -0.1) is 0 Å². The fourth-order valence-electron chi connectivity index (χ4n) is 3.93. The SMILES string of the molecule is O=c1[nH]c(=S)c(Cc2ccc(Oc3ccccc3)cc2)cn1[C@@H]1O[C@H](COP(=O)(O)OP(=O)(O)OP(=O)(O)O)[C@@H](O)[C@H]1O. The molecule has 1 saturated heterocycles. The molecule has 1 aromatic heterocycles. The Labute approximate surface area is 247 Å². The summed E-state index contributed by atoms with van der Waals surface area (Å²) in [6.45, 7) is -1.04. The molecule has 6 atom stereocenters. The molecule has 0 amide bonds. The smallest absolute Gasteiger partial charge is 0.457 e. The highest BCUT2D eigenvalue weighted by Gasteiger charge is 2.46. The van der Waals surface area contributed by atoms with Crippen LogP contribution in [0, 0.1) is 4.64 Å². The number of hydrogen-bond donors (Lipinski definition) is 7. The number of nitrogens with zero attached hydrogens (tertiary/aromatic N) is 1. The van der Waals surface area contributed by atoms with Crippen molar-refractivity contribution in [2.75, 3.05) is 6.61 Å². The number of phosphoric ester groups is 1. The van der Waals surface area contributed by atoms with E-state index in [9.17, 15) is 38.5 Å². The summed E-state index contributed by atoms with van der Waals surface area (Å²) in [6.07, 6.45) is -5.14. The van der Waals surface area contributed by atoms with Crippen molar-refractivity contribution in [3.63, 3.8) is 0 Å². The third-order valence-corrected chi connectivity index (χ3v) is 9.93. The minimum absolute atomic E-state index is 0.100. The van der Waals surface area contributed by atoms with E-state index in [1.54, 1.807) is 36.4 Å². The number of phosphoric acid groups is 3. The predicted octanol–water partition coefficient (Wildman–Crippen LogP) is 2.25. The van der Waals surface area contributed by atoms with Gasteiger partial charge in [0.15, 0.2) is 6.23 Å². The molecular formula is C22H25N2O15P3S. The molecule has 21 heteroatoms.